The van der Waals surface area contributed by atoms with Crippen LogP contribution in [0.5, 0.6) is 0 Å². The number of rotatable bonds is 5. The molecule has 2 heterocycles. The van der Waals surface area contributed by atoms with E-state index in [1.165, 1.54) is 5.56 Å². The maximum absolute atomic E-state index is 13.3. The van der Waals surface area contributed by atoms with Gasteiger partial charge < -0.3 is 0 Å². The van der Waals surface area contributed by atoms with E-state index in [2.05, 4.69) is 43.0 Å². The fourth-order valence-electron chi connectivity index (χ4n) is 4.54. The minimum atomic E-state index is -3.42. The summed E-state index contributed by atoms with van der Waals surface area (Å²) < 4.78 is 28.5. The first-order chi connectivity index (χ1) is 12.9. The lowest BCUT2D eigenvalue weighted by atomic mass is 9.88. The quantitative estimate of drug-likeness (QED) is 0.786. The predicted octanol–water partition coefficient (Wildman–Crippen LogP) is 3.84. The molecule has 2 aromatic rings. The van der Waals surface area contributed by atoms with E-state index < -0.39 is 15.6 Å². The number of hydrogen-bond donors (Lipinski definition) is 0. The molecule has 0 saturated carbocycles. The summed E-state index contributed by atoms with van der Waals surface area (Å²) in [6.07, 6.45) is 1.74. The molecule has 2 aliphatic heterocycles. The summed E-state index contributed by atoms with van der Waals surface area (Å²) in [5, 5.41) is 0. The van der Waals surface area contributed by atoms with Gasteiger partial charge in [-0.25, -0.2) is 8.42 Å². The summed E-state index contributed by atoms with van der Waals surface area (Å²) in [5.41, 5.74) is 1.85. The number of fused-ring (bicyclic) bond motifs is 2. The Hall–Kier alpha value is -1.69. The Morgan fingerprint density at radius 3 is 2.48 bits per heavy atom. The molecule has 4 nitrogen and oxygen atoms in total. The Morgan fingerprint density at radius 2 is 1.74 bits per heavy atom. The number of sulfonamides is 1. The standard InChI is InChI=1S/C22H28N2O2S/c1-18(2)12-14-24-22(20-10-6-7-11-21(20)27(24,25)26)13-15-23(17-22)16-19-8-4-3-5-9-19/h3-11,18H,12-17H2,1-2H3. The lowest BCUT2D eigenvalue weighted by Gasteiger charge is -2.34. The molecule has 1 unspecified atom stereocenters. The third kappa shape index (κ3) is 3.22. The first kappa shape index (κ1) is 18.7. The van der Waals surface area contributed by atoms with Crippen LogP contribution in [0.2, 0.25) is 0 Å². The van der Waals surface area contributed by atoms with Gasteiger partial charge in [-0.1, -0.05) is 62.4 Å². The van der Waals surface area contributed by atoms with E-state index in [1.807, 2.05) is 28.6 Å². The molecule has 0 amide bonds. The number of benzene rings is 2. The second kappa shape index (κ2) is 7.04. The van der Waals surface area contributed by atoms with Crippen molar-refractivity contribution >= 4 is 10.0 Å². The van der Waals surface area contributed by atoms with Crippen molar-refractivity contribution in [3.63, 3.8) is 0 Å². The maximum atomic E-state index is 13.3. The third-order valence-corrected chi connectivity index (χ3v) is 7.94. The lowest BCUT2D eigenvalue weighted by molar-refractivity contribution is 0.184. The molecular weight excluding hydrogens is 356 g/mol. The molecule has 0 bridgehead atoms. The molecule has 144 valence electrons. The smallest absolute Gasteiger partial charge is 0.244 e. The average molecular weight is 385 g/mol. The largest absolute Gasteiger partial charge is 0.297 e. The number of likely N-dealkylation sites (tertiary alicyclic amines) is 1. The molecule has 1 fully saturated rings. The Balaban J connectivity index is 1.68. The molecule has 0 aromatic heterocycles. The van der Waals surface area contributed by atoms with Gasteiger partial charge in [0.1, 0.15) is 0 Å². The molecule has 0 radical (unpaired) electrons. The Labute approximate surface area is 162 Å². The van der Waals surface area contributed by atoms with Gasteiger partial charge in [-0.05, 0) is 36.0 Å². The molecule has 1 spiro atoms. The molecule has 0 aliphatic carbocycles. The highest BCUT2D eigenvalue weighted by Crippen LogP contribution is 2.49. The zero-order valence-electron chi connectivity index (χ0n) is 16.1. The van der Waals surface area contributed by atoms with Gasteiger partial charge >= 0.3 is 0 Å². The Kier molecular flexibility index (Phi) is 4.87. The van der Waals surface area contributed by atoms with E-state index in [4.69, 9.17) is 0 Å². The van der Waals surface area contributed by atoms with Gasteiger partial charge in [0.25, 0.3) is 0 Å². The average Bonchev–Trinajstić information content (AvgIpc) is 3.13. The SMILES string of the molecule is CC(C)CCN1C2(CCN(Cc3ccccc3)C2)c2ccccc2S1(=O)=O. The van der Waals surface area contributed by atoms with Crippen LogP contribution in [-0.4, -0.2) is 37.3 Å². The first-order valence-corrected chi connectivity index (χ1v) is 11.3. The van der Waals surface area contributed by atoms with E-state index in [-0.39, 0.29) is 0 Å². The first-order valence-electron chi connectivity index (χ1n) is 9.82. The van der Waals surface area contributed by atoms with Crippen molar-refractivity contribution < 1.29 is 8.42 Å². The van der Waals surface area contributed by atoms with Crippen LogP contribution in [0.25, 0.3) is 0 Å². The highest BCUT2D eigenvalue weighted by Gasteiger charge is 2.56. The highest BCUT2D eigenvalue weighted by atomic mass is 32.2. The molecule has 1 atom stereocenters. The minimum absolute atomic E-state index is 0.418. The van der Waals surface area contributed by atoms with E-state index in [0.717, 1.165) is 38.0 Å². The minimum Gasteiger partial charge on any atom is -0.297 e. The molecule has 2 aliphatic rings. The van der Waals surface area contributed by atoms with E-state index >= 15 is 0 Å². The molecule has 5 heteroatoms. The van der Waals surface area contributed by atoms with Crippen LogP contribution >= 0.6 is 0 Å². The second-order valence-electron chi connectivity index (χ2n) is 8.23. The Morgan fingerprint density at radius 1 is 1.04 bits per heavy atom. The van der Waals surface area contributed by atoms with Crippen LogP contribution in [-0.2, 0) is 22.1 Å². The van der Waals surface area contributed by atoms with Crippen molar-refractivity contribution in [2.75, 3.05) is 19.6 Å². The molecule has 4 rings (SSSR count). The summed E-state index contributed by atoms with van der Waals surface area (Å²) in [6, 6.07) is 18.0. The van der Waals surface area contributed by atoms with Gasteiger partial charge in [0, 0.05) is 26.2 Å². The third-order valence-electron chi connectivity index (χ3n) is 5.92. The lowest BCUT2D eigenvalue weighted by Crippen LogP contribution is -2.46. The zero-order valence-corrected chi connectivity index (χ0v) is 17.0. The molecule has 27 heavy (non-hydrogen) atoms. The number of hydrogen-bond acceptors (Lipinski definition) is 3. The van der Waals surface area contributed by atoms with E-state index in [0.29, 0.717) is 17.4 Å². The van der Waals surface area contributed by atoms with Crippen molar-refractivity contribution in [2.24, 2.45) is 5.92 Å². The Bertz CT molecular complexity index is 911. The highest BCUT2D eigenvalue weighted by molar-refractivity contribution is 7.89. The normalized spacial score (nSPS) is 24.7. The van der Waals surface area contributed by atoms with Gasteiger partial charge in [-0.3, -0.25) is 4.90 Å². The van der Waals surface area contributed by atoms with Crippen LogP contribution in [0.3, 0.4) is 0 Å². The summed E-state index contributed by atoms with van der Waals surface area (Å²) in [4.78, 5) is 2.91. The van der Waals surface area contributed by atoms with Gasteiger partial charge in [0.2, 0.25) is 10.0 Å². The zero-order chi connectivity index (χ0) is 19.1. The molecule has 2 aromatic carbocycles. The van der Waals surface area contributed by atoms with Crippen molar-refractivity contribution in [3.05, 3.63) is 65.7 Å². The van der Waals surface area contributed by atoms with Crippen molar-refractivity contribution in [1.29, 1.82) is 0 Å². The van der Waals surface area contributed by atoms with Gasteiger partial charge in [-0.15, -0.1) is 0 Å². The molecule has 1 saturated heterocycles. The van der Waals surface area contributed by atoms with Crippen LogP contribution in [0.4, 0.5) is 0 Å². The molecular formula is C22H28N2O2S. The molecule has 0 N–H and O–H groups in total. The summed E-state index contributed by atoms with van der Waals surface area (Å²) >= 11 is 0. The van der Waals surface area contributed by atoms with Crippen LogP contribution in [0.1, 0.15) is 37.8 Å². The second-order valence-corrected chi connectivity index (χ2v) is 10.1. The van der Waals surface area contributed by atoms with Gasteiger partial charge in [0.05, 0.1) is 10.4 Å². The van der Waals surface area contributed by atoms with Crippen LogP contribution in [0, 0.1) is 5.92 Å². The van der Waals surface area contributed by atoms with E-state index in [9.17, 15) is 8.42 Å². The predicted molar refractivity (Wildman–Crippen MR) is 108 cm³/mol. The summed E-state index contributed by atoms with van der Waals surface area (Å²) in [6.45, 7) is 7.43. The topological polar surface area (TPSA) is 40.6 Å². The number of nitrogens with zero attached hydrogens (tertiary/aromatic N) is 2. The van der Waals surface area contributed by atoms with Gasteiger partial charge in [0.15, 0.2) is 0 Å². The van der Waals surface area contributed by atoms with Crippen molar-refractivity contribution in [1.82, 2.24) is 9.21 Å². The van der Waals surface area contributed by atoms with Crippen molar-refractivity contribution in [3.8, 4) is 0 Å². The van der Waals surface area contributed by atoms with Gasteiger partial charge in [-0.2, -0.15) is 4.31 Å². The summed E-state index contributed by atoms with van der Waals surface area (Å²) in [5.74, 6) is 0.475. The van der Waals surface area contributed by atoms with Crippen LogP contribution < -0.4 is 0 Å². The maximum Gasteiger partial charge on any atom is 0.244 e. The van der Waals surface area contributed by atoms with E-state index in [1.54, 1.807) is 6.07 Å². The summed E-state index contributed by atoms with van der Waals surface area (Å²) in [7, 11) is -3.42. The van der Waals surface area contributed by atoms with Crippen LogP contribution in [0.15, 0.2) is 59.5 Å². The monoisotopic (exact) mass is 384 g/mol. The fourth-order valence-corrected chi connectivity index (χ4v) is 6.62. The fraction of sp³-hybridized carbons (Fsp3) is 0.455. The van der Waals surface area contributed by atoms with Crippen molar-refractivity contribution in [2.45, 2.75) is 43.7 Å².